The predicted octanol–water partition coefficient (Wildman–Crippen LogP) is 4.59. The van der Waals surface area contributed by atoms with Gasteiger partial charge in [-0.05, 0) is 93.1 Å². The van der Waals surface area contributed by atoms with Crippen LogP contribution in [0.3, 0.4) is 0 Å². The van der Waals surface area contributed by atoms with Crippen molar-refractivity contribution in [1.82, 2.24) is 25.2 Å². The molecule has 1 saturated carbocycles. The molecule has 3 fully saturated rings. The van der Waals surface area contributed by atoms with Gasteiger partial charge in [-0.15, -0.1) is 0 Å². The Kier molecular flexibility index (Phi) is 5.66. The highest BCUT2D eigenvalue weighted by Gasteiger charge is 2.46. The number of nitrogens with zero attached hydrogens (tertiary/aromatic N) is 5. The number of hydrogen-bond donors (Lipinski definition) is 2. The summed E-state index contributed by atoms with van der Waals surface area (Å²) >= 11 is 0. The molecule has 41 heavy (non-hydrogen) atoms. The standard InChI is InChI=1S/C32H35FN6O2/c1-38(2)32(10-11-32)17-41-31-36-29-25(30(37-31)39-15-20-8-9-21(16-39)35-20)14-34-28(27(29)33)24-13-22(40)12-19-7-6-18-4-3-5-23(18)26(19)24/h6-7,12-14,20-21,35,40H,3-5,8-11,15-17H2,1-2H3. The Morgan fingerprint density at radius 2 is 1.93 bits per heavy atom. The first-order chi connectivity index (χ1) is 19.9. The van der Waals surface area contributed by atoms with Crippen molar-refractivity contribution in [2.45, 2.75) is 62.6 Å². The minimum atomic E-state index is -0.509. The lowest BCUT2D eigenvalue weighted by Crippen LogP contribution is -2.51. The lowest BCUT2D eigenvalue weighted by Gasteiger charge is -2.34. The van der Waals surface area contributed by atoms with E-state index in [1.54, 1.807) is 18.3 Å². The number of hydrogen-bond acceptors (Lipinski definition) is 8. The molecule has 2 aliphatic carbocycles. The fourth-order valence-electron chi connectivity index (χ4n) is 7.28. The van der Waals surface area contributed by atoms with Gasteiger partial charge in [0.2, 0.25) is 0 Å². The first-order valence-electron chi connectivity index (χ1n) is 14.8. The maximum atomic E-state index is 16.7. The monoisotopic (exact) mass is 554 g/mol. The molecule has 212 valence electrons. The molecule has 2 atom stereocenters. The number of rotatable bonds is 6. The molecule has 0 radical (unpaired) electrons. The fourth-order valence-corrected chi connectivity index (χ4v) is 7.28. The number of aryl methyl sites for hydroxylation is 2. The number of anilines is 1. The highest BCUT2D eigenvalue weighted by Crippen LogP contribution is 2.42. The van der Waals surface area contributed by atoms with Crippen molar-refractivity contribution < 1.29 is 14.2 Å². The third kappa shape index (κ3) is 4.12. The molecule has 2 unspecified atom stereocenters. The summed E-state index contributed by atoms with van der Waals surface area (Å²) in [4.78, 5) is 18.7. The number of fused-ring (bicyclic) bond motifs is 6. The zero-order valence-electron chi connectivity index (χ0n) is 23.6. The average molecular weight is 555 g/mol. The van der Waals surface area contributed by atoms with E-state index < -0.39 is 5.82 Å². The van der Waals surface area contributed by atoms with E-state index in [0.29, 0.717) is 35.5 Å². The second-order valence-electron chi connectivity index (χ2n) is 12.6. The van der Waals surface area contributed by atoms with Gasteiger partial charge in [-0.3, -0.25) is 4.98 Å². The summed E-state index contributed by atoms with van der Waals surface area (Å²) < 4.78 is 23.0. The van der Waals surface area contributed by atoms with Crippen LogP contribution in [0.2, 0.25) is 0 Å². The first-order valence-corrected chi connectivity index (χ1v) is 14.8. The van der Waals surface area contributed by atoms with Crippen LogP contribution in [-0.4, -0.2) is 76.4 Å². The van der Waals surface area contributed by atoms with E-state index in [1.807, 2.05) is 6.07 Å². The SMILES string of the molecule is CN(C)C1(COc2nc(N3CC4CCC(C3)N4)c3cnc(-c4cc(O)cc5ccc6c(c45)CCC6)c(F)c3n2)CC1. The van der Waals surface area contributed by atoms with Crippen molar-refractivity contribution in [2.24, 2.45) is 0 Å². The lowest BCUT2D eigenvalue weighted by molar-refractivity contribution is 0.159. The van der Waals surface area contributed by atoms with Gasteiger partial charge in [-0.1, -0.05) is 12.1 Å². The molecule has 9 heteroatoms. The average Bonchev–Trinajstić information content (AvgIpc) is 3.49. The second kappa shape index (κ2) is 9.22. The topological polar surface area (TPSA) is 86.6 Å². The summed E-state index contributed by atoms with van der Waals surface area (Å²) in [6.45, 7) is 2.06. The Labute approximate surface area is 238 Å². The maximum Gasteiger partial charge on any atom is 0.319 e. The molecule has 0 amide bonds. The molecule has 2 N–H and O–H groups in total. The minimum absolute atomic E-state index is 0.0184. The summed E-state index contributed by atoms with van der Waals surface area (Å²) in [5.74, 6) is 0.261. The van der Waals surface area contributed by atoms with Gasteiger partial charge in [0, 0.05) is 36.9 Å². The summed E-state index contributed by atoms with van der Waals surface area (Å²) in [7, 11) is 4.13. The van der Waals surface area contributed by atoms with Crippen molar-refractivity contribution in [3.63, 3.8) is 0 Å². The number of aromatic hydroxyl groups is 1. The van der Waals surface area contributed by atoms with Crippen molar-refractivity contribution >= 4 is 27.5 Å². The summed E-state index contributed by atoms with van der Waals surface area (Å²) in [6, 6.07) is 8.52. The highest BCUT2D eigenvalue weighted by molar-refractivity contribution is 6.02. The van der Waals surface area contributed by atoms with Crippen LogP contribution >= 0.6 is 0 Å². The van der Waals surface area contributed by atoms with Gasteiger partial charge in [-0.25, -0.2) is 4.39 Å². The maximum absolute atomic E-state index is 16.7. The van der Waals surface area contributed by atoms with Crippen LogP contribution in [-0.2, 0) is 12.8 Å². The second-order valence-corrected chi connectivity index (χ2v) is 12.6. The molecule has 8 rings (SSSR count). The molecule has 0 spiro atoms. The Bertz CT molecular complexity index is 1690. The Hall–Kier alpha value is -3.56. The van der Waals surface area contributed by atoms with Gasteiger partial charge in [0.05, 0.1) is 10.9 Å². The normalized spacial score (nSPS) is 22.6. The number of halogens is 1. The molecular formula is C32H35FN6O2. The van der Waals surface area contributed by atoms with Crippen LogP contribution in [0.4, 0.5) is 10.2 Å². The largest absolute Gasteiger partial charge is 0.508 e. The van der Waals surface area contributed by atoms with Crippen LogP contribution in [0, 0.1) is 5.82 Å². The zero-order chi connectivity index (χ0) is 27.9. The molecule has 8 nitrogen and oxygen atoms in total. The zero-order valence-corrected chi connectivity index (χ0v) is 23.6. The van der Waals surface area contributed by atoms with Gasteiger partial charge < -0.3 is 25.0 Å². The number of likely N-dealkylation sites (N-methyl/N-ethyl adjacent to an activating group) is 1. The van der Waals surface area contributed by atoms with Crippen molar-refractivity contribution in [2.75, 3.05) is 38.7 Å². The summed E-state index contributed by atoms with van der Waals surface area (Å²) in [5, 5.41) is 16.7. The van der Waals surface area contributed by atoms with Crippen molar-refractivity contribution in [3.05, 3.63) is 47.4 Å². The van der Waals surface area contributed by atoms with Crippen molar-refractivity contribution in [1.29, 1.82) is 0 Å². The van der Waals surface area contributed by atoms with E-state index in [1.165, 1.54) is 11.1 Å². The number of nitrogens with one attached hydrogen (secondary N) is 1. The highest BCUT2D eigenvalue weighted by atomic mass is 19.1. The van der Waals surface area contributed by atoms with E-state index in [-0.39, 0.29) is 28.5 Å². The summed E-state index contributed by atoms with van der Waals surface area (Å²) in [6.07, 6.45) is 9.09. The Morgan fingerprint density at radius 1 is 1.12 bits per heavy atom. The Morgan fingerprint density at radius 3 is 2.68 bits per heavy atom. The predicted molar refractivity (Wildman–Crippen MR) is 157 cm³/mol. The molecule has 2 saturated heterocycles. The van der Waals surface area contributed by atoms with Gasteiger partial charge in [0.1, 0.15) is 29.4 Å². The van der Waals surface area contributed by atoms with Crippen LogP contribution < -0.4 is 15.0 Å². The number of pyridine rings is 1. The van der Waals surface area contributed by atoms with Crippen LogP contribution in [0.25, 0.3) is 32.9 Å². The third-order valence-corrected chi connectivity index (χ3v) is 9.84. The number of aromatic nitrogens is 3. The molecule has 4 aliphatic rings. The number of benzene rings is 2. The third-order valence-electron chi connectivity index (χ3n) is 9.84. The Balaban J connectivity index is 1.29. The molecule has 4 aromatic rings. The molecule has 2 aliphatic heterocycles. The first kappa shape index (κ1) is 25.2. The molecular weight excluding hydrogens is 519 g/mol. The number of ether oxygens (including phenoxy) is 1. The van der Waals surface area contributed by atoms with Gasteiger partial charge >= 0.3 is 6.01 Å². The molecule has 4 heterocycles. The smallest absolute Gasteiger partial charge is 0.319 e. The quantitative estimate of drug-likeness (QED) is 0.358. The molecule has 2 aromatic heterocycles. The van der Waals surface area contributed by atoms with Gasteiger partial charge in [0.15, 0.2) is 5.82 Å². The van der Waals surface area contributed by atoms with Crippen LogP contribution in [0.5, 0.6) is 11.8 Å². The number of piperazine rings is 1. The van der Waals surface area contributed by atoms with Crippen molar-refractivity contribution in [3.8, 4) is 23.0 Å². The number of phenols is 1. The lowest BCUT2D eigenvalue weighted by atomic mass is 9.94. The van der Waals surface area contributed by atoms with Crippen LogP contribution in [0.15, 0.2) is 30.5 Å². The van der Waals surface area contributed by atoms with Gasteiger partial charge in [-0.2, -0.15) is 9.97 Å². The van der Waals surface area contributed by atoms with E-state index in [4.69, 9.17) is 14.7 Å². The molecule has 2 aromatic carbocycles. The van der Waals surface area contributed by atoms with E-state index in [0.717, 1.165) is 68.8 Å². The summed E-state index contributed by atoms with van der Waals surface area (Å²) in [5.41, 5.74) is 3.50. The van der Waals surface area contributed by atoms with Gasteiger partial charge in [0.25, 0.3) is 0 Å². The van der Waals surface area contributed by atoms with E-state index >= 15 is 4.39 Å². The number of phenolic OH excluding ortho intramolecular Hbond substituents is 1. The van der Waals surface area contributed by atoms with E-state index in [2.05, 4.69) is 40.3 Å². The van der Waals surface area contributed by atoms with E-state index in [9.17, 15) is 5.11 Å². The molecule has 2 bridgehead atoms. The fraction of sp³-hybridized carbons (Fsp3) is 0.469. The van der Waals surface area contributed by atoms with Crippen LogP contribution in [0.1, 0.15) is 43.2 Å². The minimum Gasteiger partial charge on any atom is -0.508 e.